The Kier molecular flexibility index (Phi) is 4.57. The van der Waals surface area contributed by atoms with Gasteiger partial charge in [0.25, 0.3) is 10.0 Å². The van der Waals surface area contributed by atoms with Gasteiger partial charge in [-0.15, -0.1) is 11.3 Å². The Morgan fingerprint density at radius 2 is 2.11 bits per heavy atom. The van der Waals surface area contributed by atoms with Crippen LogP contribution in [0.3, 0.4) is 0 Å². The van der Waals surface area contributed by atoms with Crippen LogP contribution in [0.25, 0.3) is 0 Å². The number of thiophene rings is 1. The van der Waals surface area contributed by atoms with Gasteiger partial charge in [-0.3, -0.25) is 0 Å². The highest BCUT2D eigenvalue weighted by Crippen LogP contribution is 2.27. The Labute approximate surface area is 122 Å². The molecule has 0 unspecified atom stereocenters. The molecule has 1 saturated heterocycles. The van der Waals surface area contributed by atoms with Gasteiger partial charge in [0, 0.05) is 26.3 Å². The molecule has 2 N–H and O–H groups in total. The van der Waals surface area contributed by atoms with Gasteiger partial charge in [-0.2, -0.15) is 4.31 Å². The van der Waals surface area contributed by atoms with Gasteiger partial charge in [0.1, 0.15) is 9.20 Å². The predicted octanol–water partition coefficient (Wildman–Crippen LogP) is 1.18. The van der Waals surface area contributed by atoms with E-state index in [-0.39, 0.29) is 15.2 Å². The first-order valence-corrected chi connectivity index (χ1v) is 8.55. The van der Waals surface area contributed by atoms with Crippen molar-refractivity contribution in [2.24, 2.45) is 5.73 Å². The van der Waals surface area contributed by atoms with Gasteiger partial charge < -0.3 is 10.5 Å². The van der Waals surface area contributed by atoms with Crippen LogP contribution in [0.4, 0.5) is 0 Å². The van der Waals surface area contributed by atoms with Crippen molar-refractivity contribution in [1.29, 1.82) is 0 Å². The van der Waals surface area contributed by atoms with Crippen LogP contribution in [0.1, 0.15) is 17.7 Å². The second-order valence-corrected chi connectivity index (χ2v) is 8.10. The van der Waals surface area contributed by atoms with Gasteiger partial charge in [0.2, 0.25) is 0 Å². The van der Waals surface area contributed by atoms with E-state index in [9.17, 15) is 8.42 Å². The molecule has 0 radical (unpaired) electrons. The smallest absolute Gasteiger partial charge is 0.252 e. The highest BCUT2D eigenvalue weighted by Gasteiger charge is 2.30. The number of hydrogen-bond acceptors (Lipinski definition) is 5. The lowest BCUT2D eigenvalue weighted by molar-refractivity contribution is 0.0632. The van der Waals surface area contributed by atoms with Crippen molar-refractivity contribution in [3.8, 4) is 0 Å². The zero-order chi connectivity index (χ0) is 14.0. The maximum atomic E-state index is 12.5. The highest BCUT2D eigenvalue weighted by atomic mass is 32.2. The van der Waals surface area contributed by atoms with Crippen LogP contribution in [-0.2, 0) is 14.8 Å². The minimum atomic E-state index is -3.47. The van der Waals surface area contributed by atoms with Crippen molar-refractivity contribution in [2.45, 2.75) is 23.1 Å². The molecule has 1 aromatic heterocycles. The number of sulfonamides is 1. The van der Waals surface area contributed by atoms with Crippen LogP contribution in [-0.4, -0.2) is 44.0 Å². The summed E-state index contributed by atoms with van der Waals surface area (Å²) in [6.07, 6.45) is 1.45. The third kappa shape index (κ3) is 3.14. The largest absolute Gasteiger partial charge is 0.389 e. The second-order valence-electron chi connectivity index (χ2n) is 4.35. The SMILES string of the molecule is CN(C1CCOCC1)S(=O)(=O)c1ccc(C(N)=S)s1. The minimum Gasteiger partial charge on any atom is -0.389 e. The van der Waals surface area contributed by atoms with Crippen LogP contribution in [0.5, 0.6) is 0 Å². The quantitative estimate of drug-likeness (QED) is 0.844. The van der Waals surface area contributed by atoms with Crippen molar-refractivity contribution in [3.63, 3.8) is 0 Å². The molecule has 8 heteroatoms. The third-order valence-corrected chi connectivity index (χ3v) is 7.01. The maximum absolute atomic E-state index is 12.5. The summed E-state index contributed by atoms with van der Waals surface area (Å²) in [6, 6.07) is 3.20. The second kappa shape index (κ2) is 5.84. The summed E-state index contributed by atoms with van der Waals surface area (Å²) >= 11 is 5.97. The third-order valence-electron chi connectivity index (χ3n) is 3.16. The zero-order valence-corrected chi connectivity index (χ0v) is 13.0. The van der Waals surface area contributed by atoms with Crippen LogP contribution in [0, 0.1) is 0 Å². The van der Waals surface area contributed by atoms with Crippen LogP contribution in [0.15, 0.2) is 16.3 Å². The Bertz CT molecular complexity index is 561. The molecule has 0 saturated carbocycles. The normalized spacial score (nSPS) is 17.8. The number of nitrogens with two attached hydrogens (primary N) is 1. The fourth-order valence-corrected chi connectivity index (χ4v) is 4.93. The van der Waals surface area contributed by atoms with E-state index < -0.39 is 10.0 Å². The monoisotopic (exact) mass is 320 g/mol. The van der Waals surface area contributed by atoms with E-state index in [1.54, 1.807) is 19.2 Å². The summed E-state index contributed by atoms with van der Waals surface area (Å²) < 4.78 is 31.9. The van der Waals surface area contributed by atoms with E-state index in [4.69, 9.17) is 22.7 Å². The summed E-state index contributed by atoms with van der Waals surface area (Å²) in [6.45, 7) is 1.21. The number of rotatable bonds is 4. The Morgan fingerprint density at radius 3 is 2.63 bits per heavy atom. The van der Waals surface area contributed by atoms with E-state index in [2.05, 4.69) is 0 Å². The lowest BCUT2D eigenvalue weighted by Crippen LogP contribution is -2.40. The summed E-state index contributed by atoms with van der Waals surface area (Å²) in [4.78, 5) is 0.842. The summed E-state index contributed by atoms with van der Waals surface area (Å²) in [5.41, 5.74) is 5.51. The van der Waals surface area contributed by atoms with Crippen LogP contribution in [0.2, 0.25) is 0 Å². The number of nitrogens with zero attached hydrogens (tertiary/aromatic N) is 1. The molecule has 5 nitrogen and oxygen atoms in total. The van der Waals surface area contributed by atoms with E-state index in [0.29, 0.717) is 18.1 Å². The highest BCUT2D eigenvalue weighted by molar-refractivity contribution is 7.91. The molecule has 2 heterocycles. The molecule has 1 aliphatic heterocycles. The molecule has 0 amide bonds. The van der Waals surface area contributed by atoms with Gasteiger partial charge in [0.05, 0.1) is 4.88 Å². The van der Waals surface area contributed by atoms with E-state index in [0.717, 1.165) is 24.2 Å². The van der Waals surface area contributed by atoms with Crippen molar-refractivity contribution in [3.05, 3.63) is 17.0 Å². The van der Waals surface area contributed by atoms with Gasteiger partial charge in [-0.25, -0.2) is 8.42 Å². The fourth-order valence-electron chi connectivity index (χ4n) is 1.98. The molecule has 1 aliphatic rings. The first kappa shape index (κ1) is 14.9. The Hall–Kier alpha value is -0.540. The van der Waals surface area contributed by atoms with Crippen LogP contribution >= 0.6 is 23.6 Å². The van der Waals surface area contributed by atoms with Gasteiger partial charge in [0.15, 0.2) is 0 Å². The topological polar surface area (TPSA) is 72.6 Å². The van der Waals surface area contributed by atoms with Crippen molar-refractivity contribution in [1.82, 2.24) is 4.31 Å². The van der Waals surface area contributed by atoms with Crippen LogP contribution < -0.4 is 5.73 Å². The molecule has 0 spiro atoms. The molecule has 0 atom stereocenters. The van der Waals surface area contributed by atoms with Crippen molar-refractivity contribution >= 4 is 38.6 Å². The lowest BCUT2D eigenvalue weighted by Gasteiger charge is -2.29. The van der Waals surface area contributed by atoms with Crippen molar-refractivity contribution < 1.29 is 13.2 Å². The average molecular weight is 320 g/mol. The molecular weight excluding hydrogens is 304 g/mol. The number of hydrogen-bond donors (Lipinski definition) is 1. The molecular formula is C11H16N2O3S3. The number of thiocarbonyl (C=S) groups is 1. The first-order chi connectivity index (χ1) is 8.93. The minimum absolute atomic E-state index is 0.00544. The lowest BCUT2D eigenvalue weighted by atomic mass is 10.1. The summed E-state index contributed by atoms with van der Waals surface area (Å²) in [7, 11) is -1.85. The van der Waals surface area contributed by atoms with Gasteiger partial charge in [-0.1, -0.05) is 12.2 Å². The first-order valence-electron chi connectivity index (χ1n) is 5.88. The summed E-state index contributed by atoms with van der Waals surface area (Å²) in [5.74, 6) is 0. The zero-order valence-electron chi connectivity index (χ0n) is 10.5. The molecule has 19 heavy (non-hydrogen) atoms. The molecule has 106 valence electrons. The molecule has 1 aromatic rings. The van der Waals surface area contributed by atoms with Gasteiger partial charge >= 0.3 is 0 Å². The molecule has 0 aromatic carbocycles. The van der Waals surface area contributed by atoms with E-state index in [1.165, 1.54) is 4.31 Å². The maximum Gasteiger partial charge on any atom is 0.252 e. The molecule has 2 rings (SSSR count). The predicted molar refractivity (Wildman–Crippen MR) is 79.0 cm³/mol. The number of ether oxygens (including phenoxy) is 1. The van der Waals surface area contributed by atoms with E-state index >= 15 is 0 Å². The Morgan fingerprint density at radius 1 is 1.47 bits per heavy atom. The fraction of sp³-hybridized carbons (Fsp3) is 0.545. The molecule has 1 fully saturated rings. The molecule has 0 aliphatic carbocycles. The standard InChI is InChI=1S/C11H16N2O3S3/c1-13(8-4-6-16-7-5-8)19(14,15)10-3-2-9(18-10)11(12)17/h2-3,8H,4-7H2,1H3,(H2,12,17). The van der Waals surface area contributed by atoms with Gasteiger partial charge in [-0.05, 0) is 25.0 Å². The molecule has 0 bridgehead atoms. The summed E-state index contributed by atoms with van der Waals surface area (Å²) in [5, 5.41) is 0. The average Bonchev–Trinajstić information content (AvgIpc) is 2.89. The van der Waals surface area contributed by atoms with E-state index in [1.807, 2.05) is 0 Å². The Balaban J connectivity index is 2.22. The van der Waals surface area contributed by atoms with Crippen molar-refractivity contribution in [2.75, 3.05) is 20.3 Å².